The second kappa shape index (κ2) is 14.2. The molecule has 2 aromatic carbocycles. The molecule has 0 saturated carbocycles. The van der Waals surface area contributed by atoms with Crippen LogP contribution in [0.15, 0.2) is 47.5 Å². The molecule has 1 saturated heterocycles. The van der Waals surface area contributed by atoms with Crippen LogP contribution in [0.3, 0.4) is 0 Å². The predicted molar refractivity (Wildman–Crippen MR) is 142 cm³/mol. The second-order valence-corrected chi connectivity index (χ2v) is 7.90. The lowest BCUT2D eigenvalue weighted by atomic mass is 10.0. The first-order valence-electron chi connectivity index (χ1n) is 11.2. The molecule has 32 heavy (non-hydrogen) atoms. The van der Waals surface area contributed by atoms with Crippen molar-refractivity contribution >= 4 is 29.9 Å². The summed E-state index contributed by atoms with van der Waals surface area (Å²) < 4.78 is 10.7. The molecule has 7 heteroatoms. The van der Waals surface area contributed by atoms with Crippen LogP contribution in [0.4, 0.5) is 0 Å². The summed E-state index contributed by atoms with van der Waals surface area (Å²) in [6.07, 6.45) is 4.87. The van der Waals surface area contributed by atoms with Gasteiger partial charge < -0.3 is 20.1 Å². The number of guanidine groups is 1. The Hall–Kier alpha value is -2.00. The largest absolute Gasteiger partial charge is 0.493 e. The molecule has 0 spiro atoms. The van der Waals surface area contributed by atoms with Crippen molar-refractivity contribution in [1.29, 1.82) is 0 Å². The number of hydrogen-bond acceptors (Lipinski definition) is 4. The first kappa shape index (κ1) is 26.3. The number of hydrogen-bond donors (Lipinski definition) is 2. The number of nitrogens with zero attached hydrogens (tertiary/aromatic N) is 2. The Bertz CT molecular complexity index is 854. The van der Waals surface area contributed by atoms with Gasteiger partial charge in [0, 0.05) is 26.7 Å². The normalized spacial score (nSPS) is 14.4. The van der Waals surface area contributed by atoms with Gasteiger partial charge in [0.2, 0.25) is 0 Å². The van der Waals surface area contributed by atoms with Crippen molar-refractivity contribution in [3.05, 3.63) is 59.2 Å². The minimum Gasteiger partial charge on any atom is -0.493 e. The summed E-state index contributed by atoms with van der Waals surface area (Å²) in [5, 5.41) is 6.88. The van der Waals surface area contributed by atoms with E-state index in [1.165, 1.54) is 49.0 Å². The number of likely N-dealkylation sites (tertiary alicyclic amines) is 1. The van der Waals surface area contributed by atoms with Gasteiger partial charge in [0.1, 0.15) is 0 Å². The summed E-state index contributed by atoms with van der Waals surface area (Å²) in [6.45, 7) is 5.00. The number of halogens is 1. The van der Waals surface area contributed by atoms with Crippen molar-refractivity contribution in [3.63, 3.8) is 0 Å². The minimum absolute atomic E-state index is 0. The number of piperidine rings is 1. The van der Waals surface area contributed by atoms with Crippen LogP contribution in [0.5, 0.6) is 11.5 Å². The van der Waals surface area contributed by atoms with E-state index in [1.54, 1.807) is 14.2 Å². The third kappa shape index (κ3) is 7.85. The summed E-state index contributed by atoms with van der Waals surface area (Å²) in [5.41, 5.74) is 3.92. The zero-order valence-electron chi connectivity index (χ0n) is 19.5. The van der Waals surface area contributed by atoms with E-state index in [0.29, 0.717) is 0 Å². The van der Waals surface area contributed by atoms with Crippen LogP contribution in [0.2, 0.25) is 0 Å². The number of benzene rings is 2. The van der Waals surface area contributed by atoms with E-state index < -0.39 is 0 Å². The smallest absolute Gasteiger partial charge is 0.191 e. The van der Waals surface area contributed by atoms with Gasteiger partial charge in [0.15, 0.2) is 17.5 Å². The van der Waals surface area contributed by atoms with E-state index in [2.05, 4.69) is 50.9 Å². The number of aliphatic imine (C=N–C) groups is 1. The van der Waals surface area contributed by atoms with Crippen molar-refractivity contribution in [3.8, 4) is 11.5 Å². The van der Waals surface area contributed by atoms with Crippen LogP contribution >= 0.6 is 24.0 Å². The van der Waals surface area contributed by atoms with E-state index in [4.69, 9.17) is 9.47 Å². The van der Waals surface area contributed by atoms with Gasteiger partial charge in [-0.25, -0.2) is 0 Å². The van der Waals surface area contributed by atoms with Crippen molar-refractivity contribution in [1.82, 2.24) is 15.5 Å². The third-order valence-electron chi connectivity index (χ3n) is 5.78. The Morgan fingerprint density at radius 1 is 0.938 bits per heavy atom. The molecule has 1 aliphatic rings. The van der Waals surface area contributed by atoms with E-state index >= 15 is 0 Å². The lowest BCUT2D eigenvalue weighted by Gasteiger charge is -2.27. The van der Waals surface area contributed by atoms with Gasteiger partial charge in [-0.1, -0.05) is 36.8 Å². The van der Waals surface area contributed by atoms with Gasteiger partial charge in [-0.05, 0) is 61.2 Å². The summed E-state index contributed by atoms with van der Waals surface area (Å²) in [7, 11) is 5.12. The zero-order chi connectivity index (χ0) is 21.9. The maximum Gasteiger partial charge on any atom is 0.191 e. The first-order valence-corrected chi connectivity index (χ1v) is 11.2. The Morgan fingerprint density at radius 3 is 2.34 bits per heavy atom. The Morgan fingerprint density at radius 2 is 1.66 bits per heavy atom. The first-order chi connectivity index (χ1) is 15.2. The van der Waals surface area contributed by atoms with E-state index in [0.717, 1.165) is 43.5 Å². The third-order valence-corrected chi connectivity index (χ3v) is 5.78. The van der Waals surface area contributed by atoms with Crippen molar-refractivity contribution < 1.29 is 9.47 Å². The highest BCUT2D eigenvalue weighted by molar-refractivity contribution is 14.0. The van der Waals surface area contributed by atoms with Crippen molar-refractivity contribution in [2.24, 2.45) is 4.99 Å². The average molecular weight is 553 g/mol. The van der Waals surface area contributed by atoms with Gasteiger partial charge in [-0.3, -0.25) is 9.89 Å². The summed E-state index contributed by atoms with van der Waals surface area (Å²) in [5.74, 6) is 2.32. The molecular weight excluding hydrogens is 515 g/mol. The van der Waals surface area contributed by atoms with E-state index in [9.17, 15) is 0 Å². The highest BCUT2D eigenvalue weighted by Gasteiger charge is 2.12. The van der Waals surface area contributed by atoms with Crippen LogP contribution in [0.1, 0.15) is 36.0 Å². The van der Waals surface area contributed by atoms with E-state index in [1.807, 2.05) is 19.2 Å². The molecular formula is C25H37IN4O2. The molecule has 176 valence electrons. The predicted octanol–water partition coefficient (Wildman–Crippen LogP) is 4.22. The topological polar surface area (TPSA) is 58.1 Å². The fourth-order valence-corrected chi connectivity index (χ4v) is 4.00. The summed E-state index contributed by atoms with van der Waals surface area (Å²) in [6, 6.07) is 14.7. The number of nitrogens with one attached hydrogen (secondary N) is 2. The fraction of sp³-hybridized carbons (Fsp3) is 0.480. The van der Waals surface area contributed by atoms with Gasteiger partial charge >= 0.3 is 0 Å². The Balaban J connectivity index is 0.00000363. The lowest BCUT2D eigenvalue weighted by molar-refractivity contribution is 0.220. The number of methoxy groups -OCH3 is 2. The minimum atomic E-state index is 0. The average Bonchev–Trinajstić information content (AvgIpc) is 2.82. The molecule has 0 atom stereocenters. The highest BCUT2D eigenvalue weighted by atomic mass is 127. The van der Waals surface area contributed by atoms with Gasteiger partial charge in [-0.2, -0.15) is 0 Å². The molecule has 2 aromatic rings. The number of ether oxygens (including phenoxy) is 2. The fourth-order valence-electron chi connectivity index (χ4n) is 4.00. The molecule has 6 nitrogen and oxygen atoms in total. The zero-order valence-corrected chi connectivity index (χ0v) is 21.9. The molecule has 0 unspecified atom stereocenters. The molecule has 0 aliphatic carbocycles. The maximum absolute atomic E-state index is 5.39. The molecule has 0 aromatic heterocycles. The quantitative estimate of drug-likeness (QED) is 0.277. The molecule has 0 radical (unpaired) electrons. The van der Waals surface area contributed by atoms with Crippen LogP contribution in [0, 0.1) is 0 Å². The van der Waals surface area contributed by atoms with E-state index in [-0.39, 0.29) is 24.0 Å². The molecule has 3 rings (SSSR count). The lowest BCUT2D eigenvalue weighted by Crippen LogP contribution is -2.38. The molecule has 1 fully saturated rings. The summed E-state index contributed by atoms with van der Waals surface area (Å²) >= 11 is 0. The number of rotatable bonds is 9. The molecule has 0 bridgehead atoms. The van der Waals surface area contributed by atoms with Crippen LogP contribution in [-0.4, -0.2) is 51.8 Å². The van der Waals surface area contributed by atoms with Crippen LogP contribution in [-0.2, 0) is 19.5 Å². The summed E-state index contributed by atoms with van der Waals surface area (Å²) in [4.78, 5) is 6.95. The molecule has 0 amide bonds. The molecule has 1 heterocycles. The maximum atomic E-state index is 5.39. The second-order valence-electron chi connectivity index (χ2n) is 7.90. The monoisotopic (exact) mass is 552 g/mol. The highest BCUT2D eigenvalue weighted by Crippen LogP contribution is 2.27. The van der Waals surface area contributed by atoms with Crippen LogP contribution < -0.4 is 20.1 Å². The Labute approximate surface area is 209 Å². The van der Waals surface area contributed by atoms with Crippen molar-refractivity contribution in [2.45, 2.75) is 38.8 Å². The molecule has 1 aliphatic heterocycles. The van der Waals surface area contributed by atoms with Gasteiger partial charge in [0.05, 0.1) is 14.2 Å². The van der Waals surface area contributed by atoms with Crippen molar-refractivity contribution in [2.75, 3.05) is 40.9 Å². The Kier molecular flexibility index (Phi) is 11.7. The van der Waals surface area contributed by atoms with Gasteiger partial charge in [-0.15, -0.1) is 24.0 Å². The standard InChI is InChI=1S/C25H36N4O2.HI/c1-26-25(27-14-13-20-11-12-23(30-2)24(17-20)31-3)28-18-21-9-5-6-10-22(21)19-29-15-7-4-8-16-29;/h5-6,9-12,17H,4,7-8,13-16,18-19H2,1-3H3,(H2,26,27,28);1H. The SMILES string of the molecule is CN=C(NCCc1ccc(OC)c(OC)c1)NCc1ccccc1CN1CCCCC1.I. The molecule has 2 N–H and O–H groups in total. The van der Waals surface area contributed by atoms with Crippen LogP contribution in [0.25, 0.3) is 0 Å². The van der Waals surface area contributed by atoms with Gasteiger partial charge in [0.25, 0.3) is 0 Å².